The minimum atomic E-state index is -0.393. The molecule has 2 aromatic rings. The summed E-state index contributed by atoms with van der Waals surface area (Å²) in [5.41, 5.74) is 1.06. The van der Waals surface area contributed by atoms with Crippen LogP contribution in [0.25, 0.3) is 0 Å². The number of methoxy groups -OCH3 is 1. The molecular weight excluding hydrogens is 300 g/mol. The molecule has 0 aliphatic carbocycles. The summed E-state index contributed by atoms with van der Waals surface area (Å²) in [7, 11) is 1.46. The van der Waals surface area contributed by atoms with Crippen LogP contribution >= 0.6 is 12.6 Å². The SMILES string of the molecule is COc1cc(C(=O)c2ccccc2)ccc1OC(=O)CCS. The quantitative estimate of drug-likeness (QED) is 0.385. The number of ether oxygens (including phenoxy) is 2. The topological polar surface area (TPSA) is 52.6 Å². The molecule has 0 N–H and O–H groups in total. The van der Waals surface area contributed by atoms with E-state index in [1.165, 1.54) is 7.11 Å². The van der Waals surface area contributed by atoms with Crippen molar-refractivity contribution in [1.29, 1.82) is 0 Å². The summed E-state index contributed by atoms with van der Waals surface area (Å²) in [6.45, 7) is 0. The molecule has 0 heterocycles. The maximum atomic E-state index is 12.4. The van der Waals surface area contributed by atoms with E-state index in [4.69, 9.17) is 9.47 Å². The van der Waals surface area contributed by atoms with Gasteiger partial charge in [-0.05, 0) is 18.2 Å². The van der Waals surface area contributed by atoms with E-state index in [0.29, 0.717) is 28.4 Å². The van der Waals surface area contributed by atoms with Gasteiger partial charge in [0.2, 0.25) is 0 Å². The third kappa shape index (κ3) is 3.89. The van der Waals surface area contributed by atoms with Gasteiger partial charge in [0.1, 0.15) is 0 Å². The van der Waals surface area contributed by atoms with Crippen LogP contribution in [0.4, 0.5) is 0 Å². The Morgan fingerprint density at radius 2 is 1.73 bits per heavy atom. The van der Waals surface area contributed by atoms with Crippen LogP contribution in [-0.2, 0) is 4.79 Å². The average molecular weight is 316 g/mol. The minimum absolute atomic E-state index is 0.118. The first-order valence-corrected chi connectivity index (χ1v) is 7.38. The maximum Gasteiger partial charge on any atom is 0.312 e. The lowest BCUT2D eigenvalue weighted by atomic mass is 10.0. The third-order valence-electron chi connectivity index (χ3n) is 3.00. The van der Waals surface area contributed by atoms with Crippen molar-refractivity contribution in [1.82, 2.24) is 0 Å². The molecule has 0 amide bonds. The van der Waals surface area contributed by atoms with Gasteiger partial charge >= 0.3 is 5.97 Å². The highest BCUT2D eigenvalue weighted by molar-refractivity contribution is 7.80. The number of hydrogen-bond donors (Lipinski definition) is 1. The Labute approximate surface area is 134 Å². The van der Waals surface area contributed by atoms with Gasteiger partial charge in [-0.25, -0.2) is 0 Å². The van der Waals surface area contributed by atoms with Gasteiger partial charge in [-0.3, -0.25) is 9.59 Å². The Morgan fingerprint density at radius 3 is 2.36 bits per heavy atom. The monoisotopic (exact) mass is 316 g/mol. The molecule has 2 rings (SSSR count). The fraction of sp³-hybridized carbons (Fsp3) is 0.176. The molecule has 0 aliphatic heterocycles. The van der Waals surface area contributed by atoms with Crippen LogP contribution in [0.5, 0.6) is 11.5 Å². The number of carbonyl (C=O) groups is 2. The predicted octanol–water partition coefficient (Wildman–Crippen LogP) is 3.15. The van der Waals surface area contributed by atoms with E-state index in [1.54, 1.807) is 42.5 Å². The van der Waals surface area contributed by atoms with Crippen molar-refractivity contribution >= 4 is 24.4 Å². The Bertz CT molecular complexity index is 668. The fourth-order valence-corrected chi connectivity index (χ4v) is 2.10. The summed E-state index contributed by atoms with van der Waals surface area (Å²) in [5, 5.41) is 0. The molecule has 0 atom stereocenters. The van der Waals surface area contributed by atoms with Crippen molar-refractivity contribution in [3.05, 3.63) is 59.7 Å². The van der Waals surface area contributed by atoms with Gasteiger partial charge in [-0.2, -0.15) is 12.6 Å². The number of ketones is 1. The summed E-state index contributed by atoms with van der Waals surface area (Å²) in [6.07, 6.45) is 0.205. The highest BCUT2D eigenvalue weighted by Gasteiger charge is 2.14. The molecule has 22 heavy (non-hydrogen) atoms. The Morgan fingerprint density at radius 1 is 1.00 bits per heavy atom. The first-order valence-electron chi connectivity index (χ1n) is 6.75. The number of carbonyl (C=O) groups excluding carboxylic acids is 2. The minimum Gasteiger partial charge on any atom is -0.493 e. The Kier molecular flexibility index (Phi) is 5.61. The van der Waals surface area contributed by atoms with E-state index in [-0.39, 0.29) is 12.2 Å². The van der Waals surface area contributed by atoms with Gasteiger partial charge in [-0.15, -0.1) is 0 Å². The van der Waals surface area contributed by atoms with Crippen LogP contribution < -0.4 is 9.47 Å². The van der Waals surface area contributed by atoms with Gasteiger partial charge in [0, 0.05) is 16.9 Å². The number of benzene rings is 2. The van der Waals surface area contributed by atoms with E-state index in [9.17, 15) is 9.59 Å². The zero-order chi connectivity index (χ0) is 15.9. The van der Waals surface area contributed by atoms with E-state index in [1.807, 2.05) is 6.07 Å². The largest absolute Gasteiger partial charge is 0.493 e. The lowest BCUT2D eigenvalue weighted by molar-refractivity contribution is -0.134. The molecule has 0 saturated heterocycles. The summed E-state index contributed by atoms with van der Waals surface area (Å²) in [4.78, 5) is 23.9. The summed E-state index contributed by atoms with van der Waals surface area (Å²) in [5.74, 6) is 0.530. The molecule has 0 aromatic heterocycles. The van der Waals surface area contributed by atoms with Gasteiger partial charge < -0.3 is 9.47 Å². The van der Waals surface area contributed by atoms with Crippen molar-refractivity contribution < 1.29 is 19.1 Å². The van der Waals surface area contributed by atoms with Gasteiger partial charge in [0.25, 0.3) is 0 Å². The smallest absolute Gasteiger partial charge is 0.312 e. The highest BCUT2D eigenvalue weighted by Crippen LogP contribution is 2.29. The lowest BCUT2D eigenvalue weighted by Gasteiger charge is -2.10. The Hall–Kier alpha value is -2.27. The van der Waals surface area contributed by atoms with E-state index in [0.717, 1.165) is 0 Å². The molecule has 4 nitrogen and oxygen atoms in total. The highest BCUT2D eigenvalue weighted by atomic mass is 32.1. The summed E-state index contributed by atoms with van der Waals surface area (Å²) in [6, 6.07) is 13.7. The normalized spacial score (nSPS) is 10.1. The molecule has 0 radical (unpaired) electrons. The standard InChI is InChI=1S/C17H16O4S/c1-20-15-11-13(17(19)12-5-3-2-4-6-12)7-8-14(15)21-16(18)9-10-22/h2-8,11,22H,9-10H2,1H3. The Balaban J connectivity index is 2.25. The molecule has 0 saturated carbocycles. The second-order valence-electron chi connectivity index (χ2n) is 4.51. The number of esters is 1. The van der Waals surface area contributed by atoms with E-state index in [2.05, 4.69) is 12.6 Å². The lowest BCUT2D eigenvalue weighted by Crippen LogP contribution is -2.09. The second kappa shape index (κ2) is 7.66. The maximum absolute atomic E-state index is 12.4. The molecule has 0 fully saturated rings. The zero-order valence-corrected chi connectivity index (χ0v) is 13.0. The second-order valence-corrected chi connectivity index (χ2v) is 4.96. The molecule has 0 unspecified atom stereocenters. The van der Waals surface area contributed by atoms with Gasteiger partial charge in [0.15, 0.2) is 17.3 Å². The van der Waals surface area contributed by atoms with Gasteiger partial charge in [-0.1, -0.05) is 30.3 Å². The van der Waals surface area contributed by atoms with Gasteiger partial charge in [0.05, 0.1) is 13.5 Å². The molecule has 114 valence electrons. The zero-order valence-electron chi connectivity index (χ0n) is 12.1. The first-order chi connectivity index (χ1) is 10.7. The van der Waals surface area contributed by atoms with Crippen molar-refractivity contribution in [2.24, 2.45) is 0 Å². The van der Waals surface area contributed by atoms with Crippen molar-refractivity contribution in [2.45, 2.75) is 6.42 Å². The molecule has 0 bridgehead atoms. The van der Waals surface area contributed by atoms with E-state index < -0.39 is 5.97 Å². The number of thiol groups is 1. The first kappa shape index (κ1) is 16.1. The fourth-order valence-electron chi connectivity index (χ4n) is 1.91. The predicted molar refractivity (Wildman–Crippen MR) is 87.0 cm³/mol. The van der Waals surface area contributed by atoms with Crippen LogP contribution in [0.2, 0.25) is 0 Å². The van der Waals surface area contributed by atoms with Crippen molar-refractivity contribution in [3.8, 4) is 11.5 Å². The van der Waals surface area contributed by atoms with Crippen LogP contribution in [0, 0.1) is 0 Å². The molecule has 5 heteroatoms. The molecule has 0 spiro atoms. The number of rotatable bonds is 6. The summed E-state index contributed by atoms with van der Waals surface area (Å²) < 4.78 is 10.4. The average Bonchev–Trinajstić information content (AvgIpc) is 2.55. The number of hydrogen-bond acceptors (Lipinski definition) is 5. The van der Waals surface area contributed by atoms with Crippen molar-refractivity contribution in [2.75, 3.05) is 12.9 Å². The summed E-state index contributed by atoms with van der Waals surface area (Å²) >= 11 is 3.98. The van der Waals surface area contributed by atoms with Crippen molar-refractivity contribution in [3.63, 3.8) is 0 Å². The molecule has 2 aromatic carbocycles. The molecular formula is C17H16O4S. The van der Waals surface area contributed by atoms with Crippen LogP contribution in [0.3, 0.4) is 0 Å². The van der Waals surface area contributed by atoms with E-state index >= 15 is 0 Å². The van der Waals surface area contributed by atoms with Crippen LogP contribution in [0.15, 0.2) is 48.5 Å². The van der Waals surface area contributed by atoms with Crippen LogP contribution in [0.1, 0.15) is 22.3 Å². The molecule has 0 aliphatic rings. The third-order valence-corrected chi connectivity index (χ3v) is 3.23. The van der Waals surface area contributed by atoms with Crippen LogP contribution in [-0.4, -0.2) is 24.6 Å².